The van der Waals surface area contributed by atoms with Gasteiger partial charge in [0.1, 0.15) is 0 Å². The highest BCUT2D eigenvalue weighted by atomic mass is 32.1. The van der Waals surface area contributed by atoms with E-state index in [0.717, 1.165) is 24.3 Å². The number of hydrogen-bond acceptors (Lipinski definition) is 2. The second-order valence-electron chi connectivity index (χ2n) is 6.05. The van der Waals surface area contributed by atoms with Gasteiger partial charge in [0, 0.05) is 21.2 Å². The van der Waals surface area contributed by atoms with Crippen molar-refractivity contribution in [3.05, 3.63) is 21.4 Å². The fourth-order valence-electron chi connectivity index (χ4n) is 3.30. The Kier molecular flexibility index (Phi) is 5.20. The van der Waals surface area contributed by atoms with E-state index in [0.29, 0.717) is 11.7 Å². The van der Waals surface area contributed by atoms with Crippen molar-refractivity contribution >= 4 is 17.1 Å². The average Bonchev–Trinajstić information content (AvgIpc) is 2.75. The summed E-state index contributed by atoms with van der Waals surface area (Å²) in [6.07, 6.45) is 8.77. The Morgan fingerprint density at radius 2 is 1.95 bits per heavy atom. The molecule has 1 heterocycles. The van der Waals surface area contributed by atoms with Gasteiger partial charge in [-0.2, -0.15) is 0 Å². The van der Waals surface area contributed by atoms with Crippen LogP contribution >= 0.6 is 11.3 Å². The second-order valence-corrected chi connectivity index (χ2v) is 7.51. The molecule has 0 amide bonds. The Morgan fingerprint density at radius 3 is 2.47 bits per heavy atom. The van der Waals surface area contributed by atoms with Gasteiger partial charge in [-0.1, -0.05) is 26.2 Å². The summed E-state index contributed by atoms with van der Waals surface area (Å²) in [5, 5.41) is 0. The molecule has 1 nitrogen and oxygen atoms in total. The highest BCUT2D eigenvalue weighted by molar-refractivity contribution is 7.12. The molecule has 0 spiro atoms. The maximum absolute atomic E-state index is 12.6. The van der Waals surface area contributed by atoms with Crippen molar-refractivity contribution in [2.24, 2.45) is 11.8 Å². The Balaban J connectivity index is 1.91. The molecule has 1 aliphatic carbocycles. The molecule has 1 saturated carbocycles. The van der Waals surface area contributed by atoms with Crippen molar-refractivity contribution in [1.29, 1.82) is 0 Å². The van der Waals surface area contributed by atoms with E-state index in [1.807, 2.05) is 0 Å². The maximum atomic E-state index is 12.6. The van der Waals surface area contributed by atoms with Crippen LogP contribution in [0.4, 0.5) is 0 Å². The van der Waals surface area contributed by atoms with E-state index in [9.17, 15) is 4.79 Å². The van der Waals surface area contributed by atoms with Crippen molar-refractivity contribution in [3.63, 3.8) is 0 Å². The molecule has 0 saturated heterocycles. The molecule has 2 rings (SSSR count). The van der Waals surface area contributed by atoms with Gasteiger partial charge in [-0.3, -0.25) is 4.79 Å². The van der Waals surface area contributed by atoms with Crippen LogP contribution in [-0.2, 0) is 0 Å². The number of unbranched alkanes of at least 4 members (excludes halogenated alkanes) is 1. The monoisotopic (exact) mass is 278 g/mol. The molecule has 1 aliphatic rings. The molecule has 1 fully saturated rings. The largest absolute Gasteiger partial charge is 0.294 e. The molecular formula is C17H26OS. The first kappa shape index (κ1) is 14.8. The Bertz CT molecular complexity index is 424. The highest BCUT2D eigenvalue weighted by Gasteiger charge is 2.27. The molecule has 0 aromatic carbocycles. The summed E-state index contributed by atoms with van der Waals surface area (Å²) in [5.41, 5.74) is 1.000. The van der Waals surface area contributed by atoms with Crippen LogP contribution in [0.25, 0.3) is 0 Å². The predicted molar refractivity (Wildman–Crippen MR) is 83.1 cm³/mol. The lowest BCUT2D eigenvalue weighted by atomic mass is 9.77. The predicted octanol–water partition coefficient (Wildman–Crippen LogP) is 5.54. The smallest absolute Gasteiger partial charge is 0.167 e. The highest BCUT2D eigenvalue weighted by Crippen LogP contribution is 2.35. The van der Waals surface area contributed by atoms with Gasteiger partial charge in [0.05, 0.1) is 0 Å². The molecule has 0 radical (unpaired) electrons. The molecule has 19 heavy (non-hydrogen) atoms. The van der Waals surface area contributed by atoms with E-state index >= 15 is 0 Å². The van der Waals surface area contributed by atoms with E-state index in [-0.39, 0.29) is 0 Å². The van der Waals surface area contributed by atoms with Gasteiger partial charge >= 0.3 is 0 Å². The number of carbonyl (C=O) groups excluding carboxylic acids is 1. The van der Waals surface area contributed by atoms with E-state index in [1.54, 1.807) is 11.3 Å². The summed E-state index contributed by atoms with van der Waals surface area (Å²) < 4.78 is 0. The lowest BCUT2D eigenvalue weighted by molar-refractivity contribution is 0.0869. The quantitative estimate of drug-likeness (QED) is 0.646. The zero-order chi connectivity index (χ0) is 13.8. The van der Waals surface area contributed by atoms with Crippen LogP contribution in [0.15, 0.2) is 6.07 Å². The summed E-state index contributed by atoms with van der Waals surface area (Å²) in [7, 11) is 0. The molecular weight excluding hydrogens is 252 g/mol. The van der Waals surface area contributed by atoms with Gasteiger partial charge in [-0.25, -0.2) is 0 Å². The topological polar surface area (TPSA) is 17.1 Å². The summed E-state index contributed by atoms with van der Waals surface area (Å²) >= 11 is 1.75. The molecule has 1 aromatic heterocycles. The molecule has 0 N–H and O–H groups in total. The summed E-state index contributed by atoms with van der Waals surface area (Å²) in [5.74, 6) is 1.59. The lowest BCUT2D eigenvalue weighted by Gasteiger charge is -2.27. The van der Waals surface area contributed by atoms with Crippen molar-refractivity contribution in [1.82, 2.24) is 0 Å². The minimum Gasteiger partial charge on any atom is -0.294 e. The fraction of sp³-hybridized carbons (Fsp3) is 0.706. The average molecular weight is 278 g/mol. The van der Waals surface area contributed by atoms with E-state index in [4.69, 9.17) is 0 Å². The van der Waals surface area contributed by atoms with Crippen LogP contribution in [-0.4, -0.2) is 5.78 Å². The van der Waals surface area contributed by atoms with Gasteiger partial charge in [-0.05, 0) is 51.5 Å². The first-order chi connectivity index (χ1) is 9.11. The number of aryl methyl sites for hydroxylation is 2. The number of Topliss-reactive ketones (excluding diaryl/α,β-unsaturated/α-hetero) is 1. The van der Waals surface area contributed by atoms with E-state index < -0.39 is 0 Å². The SMILES string of the molecule is CCCCC1CCC(C(=O)c2cc(C)sc2C)CC1. The van der Waals surface area contributed by atoms with Gasteiger partial charge in [0.2, 0.25) is 0 Å². The molecule has 0 unspecified atom stereocenters. The molecule has 0 aliphatic heterocycles. The second kappa shape index (κ2) is 6.69. The zero-order valence-electron chi connectivity index (χ0n) is 12.5. The van der Waals surface area contributed by atoms with Gasteiger partial charge in [0.15, 0.2) is 5.78 Å². The zero-order valence-corrected chi connectivity index (χ0v) is 13.3. The van der Waals surface area contributed by atoms with E-state index in [2.05, 4.69) is 26.8 Å². The number of carbonyl (C=O) groups is 1. The van der Waals surface area contributed by atoms with E-state index in [1.165, 1.54) is 41.9 Å². The van der Waals surface area contributed by atoms with Crippen molar-refractivity contribution in [2.45, 2.75) is 65.7 Å². The van der Waals surface area contributed by atoms with Crippen LogP contribution < -0.4 is 0 Å². The minimum absolute atomic E-state index is 0.297. The van der Waals surface area contributed by atoms with Crippen molar-refractivity contribution in [3.8, 4) is 0 Å². The van der Waals surface area contributed by atoms with Gasteiger partial charge in [0.25, 0.3) is 0 Å². The minimum atomic E-state index is 0.297. The molecule has 2 heteroatoms. The third-order valence-electron chi connectivity index (χ3n) is 4.49. The maximum Gasteiger partial charge on any atom is 0.167 e. The van der Waals surface area contributed by atoms with Crippen molar-refractivity contribution in [2.75, 3.05) is 0 Å². The number of rotatable bonds is 5. The normalized spacial score (nSPS) is 23.5. The summed E-state index contributed by atoms with van der Waals surface area (Å²) in [6.45, 7) is 6.44. The van der Waals surface area contributed by atoms with Crippen LogP contribution in [0.3, 0.4) is 0 Å². The first-order valence-electron chi connectivity index (χ1n) is 7.73. The Hall–Kier alpha value is -0.630. The van der Waals surface area contributed by atoms with Crippen molar-refractivity contribution < 1.29 is 4.79 Å². The van der Waals surface area contributed by atoms with Gasteiger partial charge < -0.3 is 0 Å². The number of ketones is 1. The summed E-state index contributed by atoms with van der Waals surface area (Å²) in [4.78, 5) is 15.0. The number of thiophene rings is 1. The Morgan fingerprint density at radius 1 is 1.26 bits per heavy atom. The first-order valence-corrected chi connectivity index (χ1v) is 8.54. The third-order valence-corrected chi connectivity index (χ3v) is 5.46. The Labute approximate surface area is 121 Å². The summed E-state index contributed by atoms with van der Waals surface area (Å²) in [6, 6.07) is 2.09. The van der Waals surface area contributed by atoms with Crippen LogP contribution in [0.1, 0.15) is 72.0 Å². The standard InChI is InChI=1S/C17H26OS/c1-4-5-6-14-7-9-15(10-8-14)17(18)16-11-12(2)19-13(16)3/h11,14-15H,4-10H2,1-3H3. The molecule has 1 aromatic rings. The lowest BCUT2D eigenvalue weighted by Crippen LogP contribution is -2.22. The van der Waals surface area contributed by atoms with Crippen LogP contribution in [0, 0.1) is 25.7 Å². The molecule has 0 bridgehead atoms. The number of hydrogen-bond donors (Lipinski definition) is 0. The molecule has 0 atom stereocenters. The molecule has 106 valence electrons. The van der Waals surface area contributed by atoms with Crippen LogP contribution in [0.5, 0.6) is 0 Å². The third kappa shape index (κ3) is 3.68. The van der Waals surface area contributed by atoms with Crippen LogP contribution in [0.2, 0.25) is 0 Å². The van der Waals surface area contributed by atoms with Gasteiger partial charge in [-0.15, -0.1) is 11.3 Å². The fourth-order valence-corrected chi connectivity index (χ4v) is 4.23.